The highest BCUT2D eigenvalue weighted by molar-refractivity contribution is 7.47. The molecule has 0 spiro atoms. The van der Waals surface area contributed by atoms with Gasteiger partial charge in [-0.1, -0.05) is 144 Å². The van der Waals surface area contributed by atoms with Crippen LogP contribution in [0.1, 0.15) is 136 Å². The van der Waals surface area contributed by atoms with Crippen LogP contribution in [-0.2, 0) is 41.8 Å². The molecule has 1 fully saturated rings. The number of ether oxygens (including phenoxy) is 2. The molecule has 0 saturated heterocycles. The van der Waals surface area contributed by atoms with Gasteiger partial charge in [0.15, 0.2) is 6.10 Å². The Bertz CT molecular complexity index is 1730. The molecule has 0 aromatic heterocycles. The van der Waals surface area contributed by atoms with Gasteiger partial charge in [-0.2, -0.15) is 0 Å². The molecular formula is C49H82O19P2. The van der Waals surface area contributed by atoms with E-state index in [9.17, 15) is 69.1 Å². The highest BCUT2D eigenvalue weighted by Crippen LogP contribution is 2.49. The summed E-state index contributed by atoms with van der Waals surface area (Å²) in [6.45, 7) is 2.66. The maximum atomic E-state index is 13.0. The average molecular weight is 1040 g/mol. The fourth-order valence-corrected chi connectivity index (χ4v) is 8.37. The molecule has 0 radical (unpaired) electrons. The second-order valence-electron chi connectivity index (χ2n) is 17.0. The van der Waals surface area contributed by atoms with Crippen LogP contribution in [-0.4, -0.2) is 137 Å². The van der Waals surface area contributed by atoms with Gasteiger partial charge >= 0.3 is 27.6 Å². The van der Waals surface area contributed by atoms with Gasteiger partial charge in [-0.25, -0.2) is 9.13 Å². The van der Waals surface area contributed by atoms with Gasteiger partial charge in [-0.15, -0.1) is 0 Å². The van der Waals surface area contributed by atoms with Crippen LogP contribution < -0.4 is 0 Å². The minimum absolute atomic E-state index is 0.00218. The number of aliphatic hydroxyl groups is 7. The molecule has 10 N–H and O–H groups in total. The van der Waals surface area contributed by atoms with Crippen molar-refractivity contribution in [1.29, 1.82) is 0 Å². The molecular weight excluding hydrogens is 954 g/mol. The molecule has 70 heavy (non-hydrogen) atoms. The Hall–Kier alpha value is -2.94. The molecule has 0 bridgehead atoms. The van der Waals surface area contributed by atoms with E-state index in [1.807, 2.05) is 0 Å². The summed E-state index contributed by atoms with van der Waals surface area (Å²) in [5.41, 5.74) is 0. The zero-order chi connectivity index (χ0) is 52.2. The summed E-state index contributed by atoms with van der Waals surface area (Å²) in [4.78, 5) is 54.4. The second-order valence-corrected chi connectivity index (χ2v) is 19.6. The van der Waals surface area contributed by atoms with E-state index in [4.69, 9.17) is 18.5 Å². The maximum Gasteiger partial charge on any atom is 0.472 e. The Balaban J connectivity index is 2.74. The summed E-state index contributed by atoms with van der Waals surface area (Å²) in [7, 11) is -10.8. The molecule has 1 aliphatic carbocycles. The van der Waals surface area contributed by atoms with E-state index in [2.05, 4.69) is 54.8 Å². The highest BCUT2D eigenvalue weighted by atomic mass is 31.2. The molecule has 1 aliphatic rings. The molecule has 0 amide bonds. The second kappa shape index (κ2) is 38.6. The predicted octanol–water partition coefficient (Wildman–Crippen LogP) is 6.31. The number of esters is 2. The van der Waals surface area contributed by atoms with Crippen LogP contribution in [0, 0.1) is 0 Å². The topological polar surface area (TPSA) is 317 Å². The quantitative estimate of drug-likeness (QED) is 0.0106. The first-order chi connectivity index (χ1) is 33.3. The maximum absolute atomic E-state index is 13.0. The smallest absolute Gasteiger partial charge is 0.462 e. The van der Waals surface area contributed by atoms with Gasteiger partial charge in [0.05, 0.1) is 24.9 Å². The number of rotatable bonds is 39. The largest absolute Gasteiger partial charge is 0.472 e. The highest BCUT2D eigenvalue weighted by Gasteiger charge is 2.54. The van der Waals surface area contributed by atoms with Crippen LogP contribution in [0.15, 0.2) is 85.1 Å². The molecule has 0 heterocycles. The van der Waals surface area contributed by atoms with Crippen molar-refractivity contribution in [3.63, 3.8) is 0 Å². The van der Waals surface area contributed by atoms with Crippen molar-refractivity contribution in [2.75, 3.05) is 13.2 Å². The summed E-state index contributed by atoms with van der Waals surface area (Å²) < 4.78 is 49.1. The van der Waals surface area contributed by atoms with Gasteiger partial charge in [0.1, 0.15) is 43.2 Å². The van der Waals surface area contributed by atoms with Crippen LogP contribution in [0.3, 0.4) is 0 Å². The third-order valence-corrected chi connectivity index (χ3v) is 12.3. The van der Waals surface area contributed by atoms with Gasteiger partial charge in [0, 0.05) is 12.8 Å². The van der Waals surface area contributed by atoms with E-state index in [1.165, 1.54) is 31.4 Å². The Morgan fingerprint density at radius 3 is 1.70 bits per heavy atom. The van der Waals surface area contributed by atoms with Crippen LogP contribution in [0.25, 0.3) is 0 Å². The van der Waals surface area contributed by atoms with Crippen molar-refractivity contribution >= 4 is 27.6 Å². The number of allylic oxidation sites excluding steroid dienone is 12. The van der Waals surface area contributed by atoms with E-state index in [-0.39, 0.29) is 25.7 Å². The molecule has 1 saturated carbocycles. The first kappa shape index (κ1) is 65.1. The number of carbonyl (C=O) groups is 2. The SMILES string of the molecule is CCCCC/C=C\C/C=C\C/C=C\CCCCCCC(=O)O[C@H](COC(=O)CCC[C@@H](O)[C@H](O)/C=C/C=C/C=C\C=C\[C@H](O)CCCCC)COP(=O)(O)O[C@H]1C(O)C(O)C(O)[C@@H](OP(=O)(O)O)C1O. The molecule has 0 aromatic carbocycles. The Morgan fingerprint density at radius 1 is 0.557 bits per heavy atom. The monoisotopic (exact) mass is 1040 g/mol. The molecule has 402 valence electrons. The molecule has 0 aromatic rings. The number of phosphoric acid groups is 2. The van der Waals surface area contributed by atoms with E-state index < -0.39 is 102 Å². The minimum Gasteiger partial charge on any atom is -0.462 e. The number of aliphatic hydroxyl groups excluding tert-OH is 7. The summed E-state index contributed by atoms with van der Waals surface area (Å²) in [5, 5.41) is 71.9. The van der Waals surface area contributed by atoms with Crippen LogP contribution in [0.2, 0.25) is 0 Å². The van der Waals surface area contributed by atoms with Crippen molar-refractivity contribution in [3.05, 3.63) is 85.1 Å². The first-order valence-electron chi connectivity index (χ1n) is 24.5. The standard InChI is InChI=1S/C49H82O19P2/c1-3-5-7-8-9-10-11-12-13-14-15-16-17-18-19-24-28-34-43(54)66-39(37-65-70(62,63)68-49-46(57)44(55)45(56)48(47(49)58)67-69(59,60)61)36-64-42(53)35-29-33-41(52)40(51)32-27-23-21-20-22-26-31-38(50)30-25-6-4-2/h9-10,12-13,15-16,20-23,26-27,31-32,38-41,44-52,55-58H,3-8,11,14,17-19,24-25,28-30,33-37H2,1-2H3,(H,62,63)(H2,59,60,61)/b10-9-,13-12-,16-15-,22-20-,23-21+,31-26+,32-27+/t38-,39-,40-,41-,44?,45?,46?,47?,48-,49+/m1/s1. The van der Waals surface area contributed by atoms with Gasteiger partial charge in [-0.05, 0) is 64.2 Å². The van der Waals surface area contributed by atoms with Crippen molar-refractivity contribution in [3.8, 4) is 0 Å². The van der Waals surface area contributed by atoms with Gasteiger partial charge < -0.3 is 59.9 Å². The fourth-order valence-electron chi connectivity index (χ4n) is 6.83. The summed E-state index contributed by atoms with van der Waals surface area (Å²) in [6.07, 6.45) is 21.6. The lowest BCUT2D eigenvalue weighted by Crippen LogP contribution is -2.64. The first-order valence-corrected chi connectivity index (χ1v) is 27.5. The van der Waals surface area contributed by atoms with E-state index in [0.29, 0.717) is 19.3 Å². The molecule has 21 heteroatoms. The average Bonchev–Trinajstić information content (AvgIpc) is 3.31. The minimum atomic E-state index is -5.41. The molecule has 5 unspecified atom stereocenters. The fraction of sp³-hybridized carbons (Fsp3) is 0.673. The lowest BCUT2D eigenvalue weighted by atomic mass is 9.85. The third-order valence-electron chi connectivity index (χ3n) is 10.8. The normalized spacial score (nSPS) is 23.1. The van der Waals surface area contributed by atoms with Gasteiger partial charge in [0.2, 0.25) is 0 Å². The van der Waals surface area contributed by atoms with Crippen LogP contribution in [0.5, 0.6) is 0 Å². The van der Waals surface area contributed by atoms with E-state index >= 15 is 0 Å². The molecule has 0 aliphatic heterocycles. The zero-order valence-corrected chi connectivity index (χ0v) is 42.5. The summed E-state index contributed by atoms with van der Waals surface area (Å²) in [5.74, 6) is -1.57. The summed E-state index contributed by atoms with van der Waals surface area (Å²) in [6, 6.07) is 0. The van der Waals surface area contributed by atoms with Gasteiger partial charge in [0.25, 0.3) is 0 Å². The zero-order valence-electron chi connectivity index (χ0n) is 40.7. The lowest BCUT2D eigenvalue weighted by molar-refractivity contribution is -0.216. The van der Waals surface area contributed by atoms with E-state index in [1.54, 1.807) is 36.5 Å². The number of unbranched alkanes of at least 4 members (excludes halogenated alkanes) is 9. The number of hydrogen-bond acceptors (Lipinski definition) is 16. The number of phosphoric ester groups is 2. The van der Waals surface area contributed by atoms with Crippen molar-refractivity contribution in [1.82, 2.24) is 0 Å². The number of carbonyl (C=O) groups excluding carboxylic acids is 2. The Labute approximate surface area is 413 Å². The Morgan fingerprint density at radius 2 is 1.09 bits per heavy atom. The van der Waals surface area contributed by atoms with Crippen molar-refractivity contribution < 1.29 is 92.2 Å². The van der Waals surface area contributed by atoms with Crippen molar-refractivity contribution in [2.45, 2.75) is 197 Å². The van der Waals surface area contributed by atoms with E-state index in [0.717, 1.165) is 57.8 Å². The summed E-state index contributed by atoms with van der Waals surface area (Å²) >= 11 is 0. The van der Waals surface area contributed by atoms with Crippen LogP contribution in [0.4, 0.5) is 0 Å². The predicted molar refractivity (Wildman–Crippen MR) is 264 cm³/mol. The lowest BCUT2D eigenvalue weighted by Gasteiger charge is -2.43. The molecule has 1 rings (SSSR count). The molecule has 11 atom stereocenters. The number of hydrogen-bond donors (Lipinski definition) is 10. The molecule has 19 nitrogen and oxygen atoms in total. The Kier molecular flexibility index (Phi) is 35.9. The third kappa shape index (κ3) is 32.2. The van der Waals surface area contributed by atoms with Crippen molar-refractivity contribution in [2.24, 2.45) is 0 Å². The van der Waals surface area contributed by atoms with Gasteiger partial charge in [-0.3, -0.25) is 23.2 Å². The van der Waals surface area contributed by atoms with Crippen LogP contribution >= 0.6 is 15.6 Å².